The molecule has 1 saturated heterocycles. The van der Waals surface area contributed by atoms with Gasteiger partial charge in [-0.1, -0.05) is 18.2 Å². The molecule has 0 bridgehead atoms. The van der Waals surface area contributed by atoms with E-state index in [0.717, 1.165) is 12.1 Å². The third-order valence-electron chi connectivity index (χ3n) is 6.12. The lowest BCUT2D eigenvalue weighted by molar-refractivity contribution is -0.145. The normalized spacial score (nSPS) is 26.0. The van der Waals surface area contributed by atoms with E-state index >= 15 is 0 Å². The average Bonchev–Trinajstić information content (AvgIpc) is 3.16. The molecule has 2 aromatic rings. The third-order valence-corrected chi connectivity index (χ3v) is 6.12. The number of Topliss-reactive ketones (excluding diaryl/α,β-unsaturated/α-hetero) is 1. The van der Waals surface area contributed by atoms with Crippen molar-refractivity contribution in [3.63, 3.8) is 0 Å². The minimum absolute atomic E-state index is 0.0492. The number of alkyl halides is 3. The number of ketones is 1. The van der Waals surface area contributed by atoms with Crippen LogP contribution in [0.25, 0.3) is 0 Å². The number of carbonyl (C=O) groups is 2. The van der Waals surface area contributed by atoms with Crippen molar-refractivity contribution in [1.82, 2.24) is 0 Å². The average molecular weight is 387 g/mol. The smallest absolute Gasteiger partial charge is 0.416 e. The summed E-state index contributed by atoms with van der Waals surface area (Å²) in [4.78, 5) is 28.3. The molecule has 1 spiro atoms. The molecule has 7 heteroatoms. The predicted octanol–water partition coefficient (Wildman–Crippen LogP) is 4.02. The van der Waals surface area contributed by atoms with Gasteiger partial charge in [0.1, 0.15) is 5.75 Å². The second-order valence-corrected chi connectivity index (χ2v) is 7.56. The van der Waals surface area contributed by atoms with E-state index in [1.807, 2.05) is 0 Å². The Morgan fingerprint density at radius 3 is 2.68 bits per heavy atom. The van der Waals surface area contributed by atoms with Crippen LogP contribution in [0.1, 0.15) is 34.3 Å². The van der Waals surface area contributed by atoms with Crippen molar-refractivity contribution in [2.75, 3.05) is 11.4 Å². The van der Waals surface area contributed by atoms with Crippen LogP contribution in [0.2, 0.25) is 0 Å². The first-order valence-corrected chi connectivity index (χ1v) is 9.15. The first-order valence-electron chi connectivity index (χ1n) is 9.15. The van der Waals surface area contributed by atoms with Crippen molar-refractivity contribution >= 4 is 17.4 Å². The minimum Gasteiger partial charge on any atom is -0.425 e. The molecule has 4 nitrogen and oxygen atoms in total. The van der Waals surface area contributed by atoms with E-state index in [-0.39, 0.29) is 18.0 Å². The summed E-state index contributed by atoms with van der Waals surface area (Å²) >= 11 is 0. The van der Waals surface area contributed by atoms with Gasteiger partial charge < -0.3 is 9.64 Å². The third kappa shape index (κ3) is 2.19. The lowest BCUT2D eigenvalue weighted by Crippen LogP contribution is -2.61. The van der Waals surface area contributed by atoms with Crippen molar-refractivity contribution in [2.24, 2.45) is 5.41 Å². The molecule has 0 aromatic heterocycles. The van der Waals surface area contributed by atoms with Crippen LogP contribution < -0.4 is 9.64 Å². The fourth-order valence-corrected chi connectivity index (χ4v) is 4.85. The monoisotopic (exact) mass is 387 g/mol. The number of nitrogens with zero attached hydrogens (tertiary/aromatic N) is 1. The summed E-state index contributed by atoms with van der Waals surface area (Å²) < 4.78 is 45.1. The SMILES string of the molecule is O=C1Oc2ccccc2C(=O)[C@]12Cc1ccc(C(F)(F)F)cc1N1CCC[C@@H]12. The largest absolute Gasteiger partial charge is 0.425 e. The highest BCUT2D eigenvalue weighted by Crippen LogP contribution is 2.51. The van der Waals surface area contributed by atoms with Crippen LogP contribution in [-0.4, -0.2) is 24.3 Å². The van der Waals surface area contributed by atoms with E-state index in [2.05, 4.69) is 0 Å². The number of hydrogen-bond donors (Lipinski definition) is 0. The van der Waals surface area contributed by atoms with Crippen molar-refractivity contribution in [1.29, 1.82) is 0 Å². The summed E-state index contributed by atoms with van der Waals surface area (Å²) in [7, 11) is 0. The Bertz CT molecular complexity index is 1020. The topological polar surface area (TPSA) is 46.6 Å². The Morgan fingerprint density at radius 1 is 1.11 bits per heavy atom. The number of halogens is 3. The Kier molecular flexibility index (Phi) is 3.45. The first kappa shape index (κ1) is 17.3. The summed E-state index contributed by atoms with van der Waals surface area (Å²) in [5.74, 6) is -0.675. The minimum atomic E-state index is -4.45. The molecule has 144 valence electrons. The summed E-state index contributed by atoms with van der Waals surface area (Å²) in [6.07, 6.45) is -3.14. The lowest BCUT2D eigenvalue weighted by Gasteiger charge is -2.47. The number of rotatable bonds is 0. The van der Waals surface area contributed by atoms with E-state index in [4.69, 9.17) is 4.74 Å². The van der Waals surface area contributed by atoms with Crippen LogP contribution in [0.4, 0.5) is 18.9 Å². The van der Waals surface area contributed by atoms with E-state index in [1.165, 1.54) is 6.07 Å². The van der Waals surface area contributed by atoms with Gasteiger partial charge in [-0.05, 0) is 49.1 Å². The molecule has 0 saturated carbocycles. The zero-order valence-electron chi connectivity index (χ0n) is 14.8. The Balaban J connectivity index is 1.68. The number of anilines is 1. The zero-order chi connectivity index (χ0) is 19.7. The predicted molar refractivity (Wildman–Crippen MR) is 94.4 cm³/mol. The maximum atomic E-state index is 13.5. The molecule has 2 aromatic carbocycles. The summed E-state index contributed by atoms with van der Waals surface area (Å²) in [5.41, 5.74) is -0.768. The van der Waals surface area contributed by atoms with Crippen LogP contribution in [0.3, 0.4) is 0 Å². The van der Waals surface area contributed by atoms with Gasteiger partial charge in [-0.2, -0.15) is 13.2 Å². The summed E-state index contributed by atoms with van der Waals surface area (Å²) in [6.45, 7) is 0.503. The van der Waals surface area contributed by atoms with Gasteiger partial charge in [0.15, 0.2) is 11.2 Å². The fraction of sp³-hybridized carbons (Fsp3) is 0.333. The molecule has 0 unspecified atom stereocenters. The number of ether oxygens (including phenoxy) is 1. The van der Waals surface area contributed by atoms with Crippen LogP contribution >= 0.6 is 0 Å². The van der Waals surface area contributed by atoms with Gasteiger partial charge in [0.05, 0.1) is 17.2 Å². The molecule has 3 aliphatic heterocycles. The van der Waals surface area contributed by atoms with Gasteiger partial charge in [-0.25, -0.2) is 0 Å². The lowest BCUT2D eigenvalue weighted by atomic mass is 9.65. The highest BCUT2D eigenvalue weighted by molar-refractivity contribution is 6.18. The molecule has 3 aliphatic rings. The molecule has 28 heavy (non-hydrogen) atoms. The van der Waals surface area contributed by atoms with Gasteiger partial charge in [0.25, 0.3) is 0 Å². The van der Waals surface area contributed by atoms with Gasteiger partial charge in [0, 0.05) is 12.2 Å². The second-order valence-electron chi connectivity index (χ2n) is 7.56. The maximum Gasteiger partial charge on any atom is 0.416 e. The highest BCUT2D eigenvalue weighted by Gasteiger charge is 2.61. The van der Waals surface area contributed by atoms with E-state index in [9.17, 15) is 22.8 Å². The number of carbonyl (C=O) groups excluding carboxylic acids is 2. The van der Waals surface area contributed by atoms with E-state index in [0.29, 0.717) is 36.2 Å². The summed E-state index contributed by atoms with van der Waals surface area (Å²) in [6, 6.07) is 9.63. The first-order chi connectivity index (χ1) is 13.3. The molecule has 0 aliphatic carbocycles. The van der Waals surface area contributed by atoms with Crippen molar-refractivity contribution in [2.45, 2.75) is 31.5 Å². The van der Waals surface area contributed by atoms with Gasteiger partial charge >= 0.3 is 12.1 Å². The standard InChI is InChI=1S/C21H16F3NO3/c22-21(23,24)13-8-7-12-11-20(17-6-3-9-25(17)15(12)10-13)18(26)14-4-1-2-5-16(14)28-19(20)27/h1-2,4-5,7-8,10,17H,3,6,9,11H2/t17-,20-/m1/s1. The number of esters is 1. The quantitative estimate of drug-likeness (QED) is 0.389. The number of benzene rings is 2. The molecule has 5 rings (SSSR count). The van der Waals surface area contributed by atoms with Crippen LogP contribution in [0, 0.1) is 5.41 Å². The summed E-state index contributed by atoms with van der Waals surface area (Å²) in [5, 5.41) is 0. The van der Waals surface area contributed by atoms with Crippen molar-refractivity contribution in [3.8, 4) is 5.75 Å². The van der Waals surface area contributed by atoms with Crippen molar-refractivity contribution < 1.29 is 27.5 Å². The number of hydrogen-bond acceptors (Lipinski definition) is 4. The van der Waals surface area contributed by atoms with Crippen LogP contribution in [-0.2, 0) is 17.4 Å². The number of fused-ring (bicyclic) bond motifs is 5. The van der Waals surface area contributed by atoms with Gasteiger partial charge in [-0.3, -0.25) is 9.59 Å². The molecule has 3 heterocycles. The van der Waals surface area contributed by atoms with Crippen LogP contribution in [0.15, 0.2) is 42.5 Å². The van der Waals surface area contributed by atoms with Crippen molar-refractivity contribution in [3.05, 3.63) is 59.2 Å². The Morgan fingerprint density at radius 2 is 1.89 bits per heavy atom. The van der Waals surface area contributed by atoms with E-state index in [1.54, 1.807) is 29.2 Å². The molecular weight excluding hydrogens is 371 g/mol. The molecule has 0 radical (unpaired) electrons. The molecule has 1 fully saturated rings. The number of para-hydroxylation sites is 1. The van der Waals surface area contributed by atoms with Gasteiger partial charge in [-0.15, -0.1) is 0 Å². The van der Waals surface area contributed by atoms with Crippen LogP contribution in [0.5, 0.6) is 5.75 Å². The second kappa shape index (κ2) is 5.59. The molecule has 0 amide bonds. The fourth-order valence-electron chi connectivity index (χ4n) is 4.85. The molecular formula is C21H16F3NO3. The van der Waals surface area contributed by atoms with Gasteiger partial charge in [0.2, 0.25) is 0 Å². The Hall–Kier alpha value is -2.83. The van der Waals surface area contributed by atoms with E-state index < -0.39 is 29.2 Å². The maximum absolute atomic E-state index is 13.5. The highest BCUT2D eigenvalue weighted by atomic mass is 19.4. The zero-order valence-corrected chi connectivity index (χ0v) is 14.8. The Labute approximate surface area is 158 Å². The molecule has 0 N–H and O–H groups in total. The molecule has 2 atom stereocenters.